The molecule has 0 fully saturated rings. The molecule has 1 aromatic heterocycles. The van der Waals surface area contributed by atoms with Crippen LogP contribution in [-0.2, 0) is 6.42 Å². The van der Waals surface area contributed by atoms with Crippen LogP contribution in [0.2, 0.25) is 0 Å². The third-order valence-electron chi connectivity index (χ3n) is 2.26. The largest absolute Gasteiger partial charge is 0.344 e. The summed E-state index contributed by atoms with van der Waals surface area (Å²) < 4.78 is 5.16. The Bertz CT molecular complexity index is 285. The van der Waals surface area contributed by atoms with Crippen LogP contribution in [-0.4, -0.2) is 36.8 Å². The van der Waals surface area contributed by atoms with Gasteiger partial charge in [-0.3, -0.25) is 0 Å². The number of anilines is 1. The summed E-state index contributed by atoms with van der Waals surface area (Å²) in [5.41, 5.74) is 0. The average molecular weight is 212 g/mol. The molecule has 5 nitrogen and oxygen atoms in total. The maximum absolute atomic E-state index is 5.16. The highest BCUT2D eigenvalue weighted by Gasteiger charge is 2.12. The lowest BCUT2D eigenvalue weighted by Crippen LogP contribution is -2.30. The van der Waals surface area contributed by atoms with Gasteiger partial charge in [0.25, 0.3) is 5.95 Å². The number of nitrogens with zero attached hydrogens (tertiary/aromatic N) is 3. The van der Waals surface area contributed by atoms with Crippen LogP contribution in [0.1, 0.15) is 26.2 Å². The van der Waals surface area contributed by atoms with Gasteiger partial charge < -0.3 is 14.7 Å². The minimum absolute atomic E-state index is 0.422. The number of nitrogens with one attached hydrogen (secondary N) is 1. The van der Waals surface area contributed by atoms with Gasteiger partial charge in [0.15, 0.2) is 0 Å². The van der Waals surface area contributed by atoms with E-state index in [1.165, 1.54) is 0 Å². The Kier molecular flexibility index (Phi) is 4.55. The second-order valence-electron chi connectivity index (χ2n) is 3.75. The number of rotatable bonds is 6. The molecule has 1 heterocycles. The van der Waals surface area contributed by atoms with Crippen molar-refractivity contribution in [2.75, 3.05) is 25.5 Å². The molecule has 0 aliphatic heterocycles. The molecule has 1 N–H and O–H groups in total. The van der Waals surface area contributed by atoms with Gasteiger partial charge in [0.2, 0.25) is 5.89 Å². The second-order valence-corrected chi connectivity index (χ2v) is 3.75. The van der Waals surface area contributed by atoms with Crippen LogP contribution >= 0.6 is 0 Å². The van der Waals surface area contributed by atoms with E-state index < -0.39 is 0 Å². The van der Waals surface area contributed by atoms with Crippen molar-refractivity contribution in [1.82, 2.24) is 15.5 Å². The summed E-state index contributed by atoms with van der Waals surface area (Å²) >= 11 is 0. The van der Waals surface area contributed by atoms with Gasteiger partial charge in [-0.25, -0.2) is 0 Å². The highest BCUT2D eigenvalue weighted by Crippen LogP contribution is 2.08. The SMILES string of the molecule is CCNC(CC)Cc1nc(N(C)C)no1. The summed E-state index contributed by atoms with van der Waals surface area (Å²) in [5.74, 6) is 1.34. The van der Waals surface area contributed by atoms with E-state index in [0.717, 1.165) is 19.4 Å². The lowest BCUT2D eigenvalue weighted by atomic mass is 10.1. The molecule has 0 aromatic carbocycles. The molecule has 0 saturated heterocycles. The van der Waals surface area contributed by atoms with Gasteiger partial charge in [-0.15, -0.1) is 0 Å². The summed E-state index contributed by atoms with van der Waals surface area (Å²) in [4.78, 5) is 6.12. The Balaban J connectivity index is 2.55. The molecular weight excluding hydrogens is 192 g/mol. The molecule has 0 amide bonds. The van der Waals surface area contributed by atoms with E-state index >= 15 is 0 Å². The molecule has 0 spiro atoms. The zero-order chi connectivity index (χ0) is 11.3. The van der Waals surface area contributed by atoms with E-state index in [1.54, 1.807) is 0 Å². The third kappa shape index (κ3) is 3.51. The van der Waals surface area contributed by atoms with Crippen molar-refractivity contribution < 1.29 is 4.52 Å². The maximum atomic E-state index is 5.16. The van der Waals surface area contributed by atoms with Crippen LogP contribution in [0.5, 0.6) is 0 Å². The van der Waals surface area contributed by atoms with Crippen molar-refractivity contribution in [2.24, 2.45) is 0 Å². The molecule has 5 heteroatoms. The van der Waals surface area contributed by atoms with E-state index in [1.807, 2.05) is 19.0 Å². The van der Waals surface area contributed by atoms with Crippen LogP contribution in [0.4, 0.5) is 5.95 Å². The van der Waals surface area contributed by atoms with E-state index in [4.69, 9.17) is 4.52 Å². The van der Waals surface area contributed by atoms with Gasteiger partial charge in [0, 0.05) is 26.6 Å². The zero-order valence-corrected chi connectivity index (χ0v) is 9.95. The zero-order valence-electron chi connectivity index (χ0n) is 9.95. The first-order valence-corrected chi connectivity index (χ1v) is 5.40. The van der Waals surface area contributed by atoms with Gasteiger partial charge in [0.05, 0.1) is 0 Å². The predicted octanol–water partition coefficient (Wildman–Crippen LogP) is 1.07. The maximum Gasteiger partial charge on any atom is 0.265 e. The summed E-state index contributed by atoms with van der Waals surface area (Å²) in [6, 6.07) is 0.422. The minimum Gasteiger partial charge on any atom is -0.344 e. The van der Waals surface area contributed by atoms with E-state index in [2.05, 4.69) is 29.3 Å². The highest BCUT2D eigenvalue weighted by atomic mass is 16.5. The van der Waals surface area contributed by atoms with Crippen molar-refractivity contribution in [2.45, 2.75) is 32.7 Å². The molecule has 1 rings (SSSR count). The van der Waals surface area contributed by atoms with Gasteiger partial charge in [-0.1, -0.05) is 13.8 Å². The molecule has 1 aromatic rings. The number of hydrogen-bond acceptors (Lipinski definition) is 5. The average Bonchev–Trinajstić information content (AvgIpc) is 2.65. The second kappa shape index (κ2) is 5.70. The van der Waals surface area contributed by atoms with Gasteiger partial charge in [-0.2, -0.15) is 4.98 Å². The Morgan fingerprint density at radius 3 is 2.60 bits per heavy atom. The summed E-state index contributed by atoms with van der Waals surface area (Å²) in [6.45, 7) is 5.21. The monoisotopic (exact) mass is 212 g/mol. The molecule has 0 bridgehead atoms. The normalized spacial score (nSPS) is 12.8. The fourth-order valence-corrected chi connectivity index (χ4v) is 1.37. The van der Waals surface area contributed by atoms with Crippen molar-refractivity contribution >= 4 is 5.95 Å². The molecular formula is C10H20N4O. The van der Waals surface area contributed by atoms with Crippen molar-refractivity contribution in [1.29, 1.82) is 0 Å². The molecule has 1 unspecified atom stereocenters. The lowest BCUT2D eigenvalue weighted by molar-refractivity contribution is 0.355. The number of likely N-dealkylation sites (N-methyl/N-ethyl adjacent to an activating group) is 1. The Labute approximate surface area is 90.8 Å². The van der Waals surface area contributed by atoms with Crippen molar-refractivity contribution in [3.63, 3.8) is 0 Å². The first-order chi connectivity index (χ1) is 7.17. The van der Waals surface area contributed by atoms with Crippen molar-refractivity contribution in [3.05, 3.63) is 5.89 Å². The Morgan fingerprint density at radius 1 is 1.40 bits per heavy atom. The number of hydrogen-bond donors (Lipinski definition) is 1. The van der Waals surface area contributed by atoms with Crippen LogP contribution in [0, 0.1) is 0 Å². The van der Waals surface area contributed by atoms with Crippen LogP contribution < -0.4 is 10.2 Å². The smallest absolute Gasteiger partial charge is 0.265 e. The quantitative estimate of drug-likeness (QED) is 0.764. The highest BCUT2D eigenvalue weighted by molar-refractivity contribution is 5.23. The topological polar surface area (TPSA) is 54.2 Å². The van der Waals surface area contributed by atoms with Crippen LogP contribution in [0.15, 0.2) is 4.52 Å². The molecule has 0 radical (unpaired) electrons. The minimum atomic E-state index is 0.422. The molecule has 15 heavy (non-hydrogen) atoms. The summed E-state index contributed by atoms with van der Waals surface area (Å²) in [6.07, 6.45) is 1.86. The molecule has 0 saturated carbocycles. The summed E-state index contributed by atoms with van der Waals surface area (Å²) in [5, 5.41) is 7.25. The van der Waals surface area contributed by atoms with E-state index in [-0.39, 0.29) is 0 Å². The molecule has 0 aliphatic rings. The van der Waals surface area contributed by atoms with Gasteiger partial charge in [-0.05, 0) is 18.1 Å². The fourth-order valence-electron chi connectivity index (χ4n) is 1.37. The standard InChI is InChI=1S/C10H20N4O/c1-5-8(11-6-2)7-9-12-10(13-15-9)14(3)4/h8,11H,5-7H2,1-4H3. The van der Waals surface area contributed by atoms with Crippen LogP contribution in [0.25, 0.3) is 0 Å². The first kappa shape index (κ1) is 12.0. The van der Waals surface area contributed by atoms with E-state index in [0.29, 0.717) is 17.9 Å². The molecule has 1 atom stereocenters. The van der Waals surface area contributed by atoms with Crippen LogP contribution in [0.3, 0.4) is 0 Å². The third-order valence-corrected chi connectivity index (χ3v) is 2.26. The first-order valence-electron chi connectivity index (χ1n) is 5.40. The van der Waals surface area contributed by atoms with Gasteiger partial charge in [0.1, 0.15) is 0 Å². The Morgan fingerprint density at radius 2 is 2.13 bits per heavy atom. The fraction of sp³-hybridized carbons (Fsp3) is 0.800. The lowest BCUT2D eigenvalue weighted by Gasteiger charge is -2.12. The predicted molar refractivity (Wildman–Crippen MR) is 60.1 cm³/mol. The van der Waals surface area contributed by atoms with E-state index in [9.17, 15) is 0 Å². The Hall–Kier alpha value is -1.10. The van der Waals surface area contributed by atoms with Crippen molar-refractivity contribution in [3.8, 4) is 0 Å². The number of aromatic nitrogens is 2. The molecule has 0 aliphatic carbocycles. The van der Waals surface area contributed by atoms with Gasteiger partial charge >= 0.3 is 0 Å². The summed E-state index contributed by atoms with van der Waals surface area (Å²) in [7, 11) is 3.80. The molecule has 86 valence electrons.